The smallest absolute Gasteiger partial charge is 0.242 e. The van der Waals surface area contributed by atoms with Gasteiger partial charge in [0.25, 0.3) is 0 Å². The molecule has 4 rings (SSSR count). The number of fused-ring (bicyclic) bond motifs is 1. The molecule has 2 aromatic carbocycles. The Hall–Kier alpha value is -1.90. The van der Waals surface area contributed by atoms with Crippen LogP contribution in [0.15, 0.2) is 65.7 Å². The summed E-state index contributed by atoms with van der Waals surface area (Å²) >= 11 is 5.98. The van der Waals surface area contributed by atoms with Gasteiger partial charge in [0.2, 0.25) is 10.0 Å². The van der Waals surface area contributed by atoms with Crippen LogP contribution in [0.2, 0.25) is 5.02 Å². The Kier molecular flexibility index (Phi) is 9.35. The second kappa shape index (κ2) is 12.0. The van der Waals surface area contributed by atoms with Gasteiger partial charge >= 0.3 is 0 Å². The molecule has 0 unspecified atom stereocenters. The molecule has 0 bridgehead atoms. The van der Waals surface area contributed by atoms with E-state index in [1.165, 1.54) is 11.9 Å². The molecule has 3 aromatic rings. The fourth-order valence-electron chi connectivity index (χ4n) is 4.01. The van der Waals surface area contributed by atoms with Gasteiger partial charge < -0.3 is 4.90 Å². The van der Waals surface area contributed by atoms with Gasteiger partial charge in [-0.05, 0) is 55.8 Å². The van der Waals surface area contributed by atoms with Crippen LogP contribution >= 0.6 is 24.0 Å². The van der Waals surface area contributed by atoms with Gasteiger partial charge in [-0.15, -0.1) is 12.4 Å². The highest BCUT2D eigenvalue weighted by Gasteiger charge is 2.17. The number of anilines is 1. The van der Waals surface area contributed by atoms with Crippen LogP contribution in [0.5, 0.6) is 0 Å². The van der Waals surface area contributed by atoms with Gasteiger partial charge in [-0.25, -0.2) is 13.1 Å². The van der Waals surface area contributed by atoms with E-state index in [4.69, 9.17) is 11.6 Å². The van der Waals surface area contributed by atoms with Crippen LogP contribution in [0.25, 0.3) is 10.9 Å². The monoisotopic (exact) mass is 508 g/mol. The van der Waals surface area contributed by atoms with Crippen molar-refractivity contribution in [3.05, 3.63) is 65.8 Å². The van der Waals surface area contributed by atoms with Crippen molar-refractivity contribution in [1.29, 1.82) is 0 Å². The minimum Gasteiger partial charge on any atom is -0.369 e. The van der Waals surface area contributed by atoms with Crippen molar-refractivity contribution in [3.8, 4) is 0 Å². The molecule has 1 aliphatic heterocycles. The number of pyridine rings is 1. The highest BCUT2D eigenvalue weighted by molar-refractivity contribution is 7.89. The molecule has 1 saturated heterocycles. The van der Waals surface area contributed by atoms with Crippen molar-refractivity contribution in [2.45, 2.75) is 24.2 Å². The summed E-state index contributed by atoms with van der Waals surface area (Å²) in [6.07, 6.45) is 4.31. The Morgan fingerprint density at radius 1 is 0.939 bits per heavy atom. The van der Waals surface area contributed by atoms with Crippen molar-refractivity contribution < 1.29 is 8.42 Å². The lowest BCUT2D eigenvalue weighted by Gasteiger charge is -2.36. The van der Waals surface area contributed by atoms with E-state index in [1.54, 1.807) is 6.07 Å². The Morgan fingerprint density at radius 2 is 1.67 bits per heavy atom. The van der Waals surface area contributed by atoms with E-state index in [2.05, 4.69) is 31.6 Å². The summed E-state index contributed by atoms with van der Waals surface area (Å²) in [5.41, 5.74) is 2.02. The molecule has 0 amide bonds. The van der Waals surface area contributed by atoms with Gasteiger partial charge in [0.05, 0.1) is 5.52 Å². The third-order valence-corrected chi connectivity index (χ3v) is 7.56. The van der Waals surface area contributed by atoms with E-state index >= 15 is 0 Å². The predicted octanol–water partition coefficient (Wildman–Crippen LogP) is 4.58. The lowest BCUT2D eigenvalue weighted by atomic mass is 10.2. The number of halogens is 2. The summed E-state index contributed by atoms with van der Waals surface area (Å²) in [5.74, 6) is 0. The van der Waals surface area contributed by atoms with Crippen molar-refractivity contribution in [2.24, 2.45) is 0 Å². The number of sulfonamides is 1. The summed E-state index contributed by atoms with van der Waals surface area (Å²) in [6, 6.07) is 17.2. The van der Waals surface area contributed by atoms with E-state index in [9.17, 15) is 8.42 Å². The van der Waals surface area contributed by atoms with Crippen LogP contribution in [0.3, 0.4) is 0 Å². The van der Waals surface area contributed by atoms with Crippen molar-refractivity contribution in [3.63, 3.8) is 0 Å². The van der Waals surface area contributed by atoms with E-state index < -0.39 is 10.0 Å². The molecule has 2 heterocycles. The summed E-state index contributed by atoms with van der Waals surface area (Å²) in [4.78, 5) is 9.34. The van der Waals surface area contributed by atoms with Gasteiger partial charge in [-0.2, -0.15) is 0 Å². The first kappa shape index (κ1) is 25.7. The van der Waals surface area contributed by atoms with Crippen molar-refractivity contribution in [2.75, 3.05) is 44.2 Å². The Balaban J connectivity index is 0.00000306. The molecule has 1 fully saturated rings. The third kappa shape index (κ3) is 7.04. The van der Waals surface area contributed by atoms with Gasteiger partial charge in [0.1, 0.15) is 4.90 Å². The average Bonchev–Trinajstić information content (AvgIpc) is 2.82. The van der Waals surface area contributed by atoms with Crippen LogP contribution in [0.1, 0.15) is 19.3 Å². The zero-order valence-electron chi connectivity index (χ0n) is 18.5. The van der Waals surface area contributed by atoms with Crippen LogP contribution < -0.4 is 9.62 Å². The minimum absolute atomic E-state index is 0. The maximum atomic E-state index is 12.6. The largest absolute Gasteiger partial charge is 0.369 e. The van der Waals surface area contributed by atoms with E-state index in [1.807, 2.05) is 36.4 Å². The van der Waals surface area contributed by atoms with Gasteiger partial charge in [-0.1, -0.05) is 36.2 Å². The summed E-state index contributed by atoms with van der Waals surface area (Å²) in [6.45, 7) is 5.62. The summed E-state index contributed by atoms with van der Waals surface area (Å²) < 4.78 is 27.8. The number of unbranched alkanes of at least 4 members (excludes halogenated alkanes) is 2. The normalized spacial score (nSPS) is 14.9. The van der Waals surface area contributed by atoms with Gasteiger partial charge in [-0.3, -0.25) is 9.88 Å². The number of piperazine rings is 1. The molecule has 0 aliphatic carbocycles. The van der Waals surface area contributed by atoms with Crippen LogP contribution in [-0.2, 0) is 10.0 Å². The Bertz CT molecular complexity index is 1130. The number of benzene rings is 2. The SMILES string of the molecule is Cl.O=S(=O)(NCCCCCN1CCN(c2ccc(Cl)cc2)CC1)c1cnc2ccccc2c1. The molecule has 0 atom stereocenters. The molecule has 1 aliphatic rings. The zero-order chi connectivity index (χ0) is 22.4. The predicted molar refractivity (Wildman–Crippen MR) is 138 cm³/mol. The molecule has 9 heteroatoms. The molecular weight excluding hydrogens is 479 g/mol. The molecule has 0 radical (unpaired) electrons. The maximum absolute atomic E-state index is 12.6. The lowest BCUT2D eigenvalue weighted by Crippen LogP contribution is -2.46. The first-order chi connectivity index (χ1) is 15.5. The molecule has 1 N–H and O–H groups in total. The molecule has 178 valence electrons. The molecular formula is C24H30Cl2N4O2S. The third-order valence-electron chi connectivity index (χ3n) is 5.88. The summed E-state index contributed by atoms with van der Waals surface area (Å²) in [5, 5.41) is 1.59. The van der Waals surface area contributed by atoms with E-state index in [0.717, 1.165) is 67.9 Å². The zero-order valence-corrected chi connectivity index (χ0v) is 20.9. The Morgan fingerprint density at radius 3 is 2.42 bits per heavy atom. The highest BCUT2D eigenvalue weighted by atomic mass is 35.5. The number of aromatic nitrogens is 1. The van der Waals surface area contributed by atoms with E-state index in [-0.39, 0.29) is 17.3 Å². The number of rotatable bonds is 9. The molecule has 0 saturated carbocycles. The number of nitrogens with zero attached hydrogens (tertiary/aromatic N) is 3. The first-order valence-corrected chi connectivity index (χ1v) is 12.9. The quantitative estimate of drug-likeness (QED) is 0.428. The minimum atomic E-state index is -3.53. The number of nitrogens with one attached hydrogen (secondary N) is 1. The van der Waals surface area contributed by atoms with E-state index in [0.29, 0.717) is 6.54 Å². The second-order valence-electron chi connectivity index (χ2n) is 8.13. The standard InChI is InChI=1S/C24H29ClN4O2S.ClH/c25-21-8-10-22(11-9-21)29-16-14-28(15-17-29)13-5-1-4-12-27-32(30,31)23-18-20-6-2-3-7-24(20)26-19-23;/h2-3,6-11,18-19,27H,1,4-5,12-17H2;1H. The first-order valence-electron chi connectivity index (χ1n) is 11.1. The van der Waals surface area contributed by atoms with Crippen molar-refractivity contribution >= 4 is 50.6 Å². The number of para-hydroxylation sites is 1. The second-order valence-corrected chi connectivity index (χ2v) is 10.3. The molecule has 1 aromatic heterocycles. The molecule has 6 nitrogen and oxygen atoms in total. The topological polar surface area (TPSA) is 65.5 Å². The highest BCUT2D eigenvalue weighted by Crippen LogP contribution is 2.20. The molecule has 0 spiro atoms. The molecule has 33 heavy (non-hydrogen) atoms. The lowest BCUT2D eigenvalue weighted by molar-refractivity contribution is 0.252. The van der Waals surface area contributed by atoms with Gasteiger partial charge in [0.15, 0.2) is 0 Å². The average molecular weight is 510 g/mol. The van der Waals surface area contributed by atoms with Crippen LogP contribution in [-0.4, -0.2) is 57.6 Å². The number of hydrogen-bond acceptors (Lipinski definition) is 5. The Labute approximate surface area is 207 Å². The summed E-state index contributed by atoms with van der Waals surface area (Å²) in [7, 11) is -3.53. The van der Waals surface area contributed by atoms with Crippen LogP contribution in [0, 0.1) is 0 Å². The number of hydrogen-bond donors (Lipinski definition) is 1. The maximum Gasteiger partial charge on any atom is 0.242 e. The fraction of sp³-hybridized carbons (Fsp3) is 0.375. The van der Waals surface area contributed by atoms with Gasteiger partial charge in [0, 0.05) is 55.0 Å². The van der Waals surface area contributed by atoms with Crippen LogP contribution in [0.4, 0.5) is 5.69 Å². The van der Waals surface area contributed by atoms with Crippen molar-refractivity contribution in [1.82, 2.24) is 14.6 Å². The fourth-order valence-corrected chi connectivity index (χ4v) is 5.19.